The quantitative estimate of drug-likeness (QED) is 0.746. The number of methoxy groups -OCH3 is 1. The molecule has 100 valence electrons. The molecule has 0 radical (unpaired) electrons. The van der Waals surface area contributed by atoms with Gasteiger partial charge in [-0.15, -0.1) is 0 Å². The van der Waals surface area contributed by atoms with E-state index in [0.717, 1.165) is 20.3 Å². The zero-order chi connectivity index (χ0) is 13.5. The Morgan fingerprint density at radius 3 is 2.72 bits per heavy atom. The highest BCUT2D eigenvalue weighted by Gasteiger charge is 2.09. The van der Waals surface area contributed by atoms with E-state index in [0.29, 0.717) is 19.5 Å². The van der Waals surface area contributed by atoms with Gasteiger partial charge in [0, 0.05) is 36.6 Å². The van der Waals surface area contributed by atoms with Crippen molar-refractivity contribution < 1.29 is 9.53 Å². The normalized spacial score (nSPS) is 10.2. The van der Waals surface area contributed by atoms with Crippen molar-refractivity contribution in [3.05, 3.63) is 26.6 Å². The van der Waals surface area contributed by atoms with Crippen LogP contribution in [0.15, 0.2) is 21.1 Å². The van der Waals surface area contributed by atoms with E-state index in [1.54, 1.807) is 14.2 Å². The lowest BCUT2D eigenvalue weighted by Gasteiger charge is -2.12. The first-order valence-electron chi connectivity index (χ1n) is 5.51. The van der Waals surface area contributed by atoms with Crippen molar-refractivity contribution >= 4 is 37.8 Å². The molecule has 0 spiro atoms. The molecule has 0 aliphatic rings. The van der Waals surface area contributed by atoms with Crippen molar-refractivity contribution in [1.29, 1.82) is 0 Å². The number of rotatable bonds is 6. The van der Waals surface area contributed by atoms with Crippen molar-refractivity contribution in [1.82, 2.24) is 10.6 Å². The van der Waals surface area contributed by atoms with Gasteiger partial charge in [0.2, 0.25) is 5.91 Å². The minimum atomic E-state index is 0.0323. The molecule has 1 aromatic rings. The summed E-state index contributed by atoms with van der Waals surface area (Å²) in [5.74, 6) is 0.843. The minimum absolute atomic E-state index is 0.0323. The molecule has 18 heavy (non-hydrogen) atoms. The average Bonchev–Trinajstić information content (AvgIpc) is 2.33. The van der Waals surface area contributed by atoms with Crippen LogP contribution in [0.1, 0.15) is 12.0 Å². The maximum absolute atomic E-state index is 11.1. The van der Waals surface area contributed by atoms with Crippen LogP contribution in [0.25, 0.3) is 0 Å². The van der Waals surface area contributed by atoms with Crippen LogP contribution in [0.3, 0.4) is 0 Å². The molecule has 6 heteroatoms. The fourth-order valence-corrected chi connectivity index (χ4v) is 3.00. The highest BCUT2D eigenvalue weighted by atomic mass is 79.9. The summed E-state index contributed by atoms with van der Waals surface area (Å²) in [5.41, 5.74) is 1.04. The standard InChI is InChI=1S/C12H16Br2N2O2/c1-15-11(17)3-4-16-7-8-5-9(13)6-10(14)12(8)18-2/h5-6,16H,3-4,7H2,1-2H3,(H,15,17). The molecular weight excluding hydrogens is 364 g/mol. The van der Waals surface area contributed by atoms with Gasteiger partial charge in [-0.3, -0.25) is 4.79 Å². The molecule has 1 aromatic carbocycles. The number of carbonyl (C=O) groups excluding carboxylic acids is 1. The molecule has 0 saturated carbocycles. The molecule has 1 amide bonds. The van der Waals surface area contributed by atoms with E-state index in [1.807, 2.05) is 12.1 Å². The zero-order valence-corrected chi connectivity index (χ0v) is 13.5. The number of amides is 1. The van der Waals surface area contributed by atoms with Gasteiger partial charge < -0.3 is 15.4 Å². The molecule has 0 atom stereocenters. The third-order valence-corrected chi connectivity index (χ3v) is 3.46. The Morgan fingerprint density at radius 1 is 1.39 bits per heavy atom. The van der Waals surface area contributed by atoms with E-state index in [9.17, 15) is 4.79 Å². The van der Waals surface area contributed by atoms with Crippen molar-refractivity contribution in [2.45, 2.75) is 13.0 Å². The smallest absolute Gasteiger partial charge is 0.221 e. The summed E-state index contributed by atoms with van der Waals surface area (Å²) in [6, 6.07) is 3.93. The Bertz CT molecular complexity index is 425. The number of benzene rings is 1. The van der Waals surface area contributed by atoms with Crippen LogP contribution in [0.5, 0.6) is 5.75 Å². The molecule has 1 rings (SSSR count). The summed E-state index contributed by atoms with van der Waals surface area (Å²) in [6.07, 6.45) is 0.466. The van der Waals surface area contributed by atoms with E-state index >= 15 is 0 Å². The van der Waals surface area contributed by atoms with Crippen LogP contribution in [0, 0.1) is 0 Å². The van der Waals surface area contributed by atoms with Gasteiger partial charge in [-0.1, -0.05) is 15.9 Å². The lowest BCUT2D eigenvalue weighted by Crippen LogP contribution is -2.24. The van der Waals surface area contributed by atoms with Crippen LogP contribution < -0.4 is 15.4 Å². The van der Waals surface area contributed by atoms with Gasteiger partial charge >= 0.3 is 0 Å². The molecule has 0 aromatic heterocycles. The fourth-order valence-electron chi connectivity index (χ4n) is 1.52. The summed E-state index contributed by atoms with van der Waals surface area (Å²) >= 11 is 6.90. The SMILES string of the molecule is CNC(=O)CCNCc1cc(Br)cc(Br)c1OC. The second-order valence-corrected chi connectivity index (χ2v) is 5.45. The van der Waals surface area contributed by atoms with Gasteiger partial charge in [-0.05, 0) is 28.1 Å². The Labute approximate surface area is 124 Å². The Kier molecular flexibility index (Phi) is 6.67. The van der Waals surface area contributed by atoms with Gasteiger partial charge in [0.05, 0.1) is 11.6 Å². The second kappa shape index (κ2) is 7.76. The van der Waals surface area contributed by atoms with Gasteiger partial charge in [0.25, 0.3) is 0 Å². The average molecular weight is 380 g/mol. The number of hydrogen-bond donors (Lipinski definition) is 2. The summed E-state index contributed by atoms with van der Waals surface area (Å²) < 4.78 is 7.23. The molecule has 0 saturated heterocycles. The molecular formula is C12H16Br2N2O2. The third kappa shape index (κ3) is 4.59. The fraction of sp³-hybridized carbons (Fsp3) is 0.417. The number of nitrogens with one attached hydrogen (secondary N) is 2. The largest absolute Gasteiger partial charge is 0.495 e. The van der Waals surface area contributed by atoms with E-state index in [-0.39, 0.29) is 5.91 Å². The lowest BCUT2D eigenvalue weighted by atomic mass is 10.2. The summed E-state index contributed by atoms with van der Waals surface area (Å²) in [5, 5.41) is 5.80. The van der Waals surface area contributed by atoms with Crippen molar-refractivity contribution in [3.63, 3.8) is 0 Å². The topological polar surface area (TPSA) is 50.4 Å². The first kappa shape index (κ1) is 15.5. The monoisotopic (exact) mass is 378 g/mol. The van der Waals surface area contributed by atoms with Gasteiger partial charge in [-0.25, -0.2) is 0 Å². The van der Waals surface area contributed by atoms with Crippen LogP contribution in [0.2, 0.25) is 0 Å². The van der Waals surface area contributed by atoms with E-state index in [4.69, 9.17) is 4.74 Å². The van der Waals surface area contributed by atoms with Crippen LogP contribution >= 0.6 is 31.9 Å². The summed E-state index contributed by atoms with van der Waals surface area (Å²) in [7, 11) is 3.28. The van der Waals surface area contributed by atoms with E-state index < -0.39 is 0 Å². The maximum atomic E-state index is 11.1. The zero-order valence-electron chi connectivity index (χ0n) is 10.3. The first-order chi connectivity index (χ1) is 8.58. The molecule has 2 N–H and O–H groups in total. The van der Waals surface area contributed by atoms with Crippen LogP contribution in [0.4, 0.5) is 0 Å². The van der Waals surface area contributed by atoms with Gasteiger partial charge in [0.15, 0.2) is 0 Å². The molecule has 0 unspecified atom stereocenters. The molecule has 0 fully saturated rings. The Hall–Kier alpha value is -0.590. The van der Waals surface area contributed by atoms with E-state index in [2.05, 4.69) is 42.5 Å². The predicted molar refractivity (Wildman–Crippen MR) is 78.8 cm³/mol. The van der Waals surface area contributed by atoms with Crippen LogP contribution in [-0.2, 0) is 11.3 Å². The van der Waals surface area contributed by atoms with Crippen molar-refractivity contribution in [3.8, 4) is 5.75 Å². The number of carbonyl (C=O) groups is 1. The van der Waals surface area contributed by atoms with E-state index in [1.165, 1.54) is 0 Å². The van der Waals surface area contributed by atoms with Gasteiger partial charge in [0.1, 0.15) is 5.75 Å². The highest BCUT2D eigenvalue weighted by Crippen LogP contribution is 2.32. The third-order valence-electron chi connectivity index (χ3n) is 2.41. The predicted octanol–water partition coefficient (Wildman–Crippen LogP) is 2.45. The van der Waals surface area contributed by atoms with Crippen LogP contribution in [-0.4, -0.2) is 26.6 Å². The molecule has 4 nitrogen and oxygen atoms in total. The summed E-state index contributed by atoms with van der Waals surface area (Å²) in [6.45, 7) is 1.28. The molecule has 0 aliphatic carbocycles. The first-order valence-corrected chi connectivity index (χ1v) is 7.10. The van der Waals surface area contributed by atoms with Crippen molar-refractivity contribution in [2.24, 2.45) is 0 Å². The van der Waals surface area contributed by atoms with Gasteiger partial charge in [-0.2, -0.15) is 0 Å². The second-order valence-electron chi connectivity index (χ2n) is 3.68. The number of hydrogen-bond acceptors (Lipinski definition) is 3. The highest BCUT2D eigenvalue weighted by molar-refractivity contribution is 9.11. The minimum Gasteiger partial charge on any atom is -0.495 e. The molecule has 0 heterocycles. The molecule has 0 aliphatic heterocycles. The maximum Gasteiger partial charge on any atom is 0.221 e. The number of ether oxygens (including phenoxy) is 1. The Morgan fingerprint density at radius 2 is 2.11 bits per heavy atom. The lowest BCUT2D eigenvalue weighted by molar-refractivity contribution is -0.120. The summed E-state index contributed by atoms with van der Waals surface area (Å²) in [4.78, 5) is 11.1. The van der Waals surface area contributed by atoms with Crippen molar-refractivity contribution in [2.75, 3.05) is 20.7 Å². The Balaban J connectivity index is 2.58. The number of halogens is 2. The molecule has 0 bridgehead atoms.